The fourth-order valence-corrected chi connectivity index (χ4v) is 1.58. The standard InChI is InChI=1S/C8H14F3NO/c1-13-7(8(9,10)11)4-6-2-3-12-5-6/h6-7,12H,2-5H2,1H3. The van der Waals surface area contributed by atoms with E-state index in [2.05, 4.69) is 10.1 Å². The number of hydrogen-bond acceptors (Lipinski definition) is 2. The SMILES string of the molecule is COC(CC1CCNC1)C(F)(F)F. The molecule has 78 valence electrons. The maximum atomic E-state index is 12.2. The van der Waals surface area contributed by atoms with Crippen molar-refractivity contribution in [2.45, 2.75) is 25.1 Å². The number of rotatable bonds is 3. The fourth-order valence-electron chi connectivity index (χ4n) is 1.58. The van der Waals surface area contributed by atoms with Crippen molar-refractivity contribution in [3.8, 4) is 0 Å². The zero-order valence-corrected chi connectivity index (χ0v) is 7.53. The molecule has 13 heavy (non-hydrogen) atoms. The molecule has 1 heterocycles. The minimum Gasteiger partial charge on any atom is -0.372 e. The number of alkyl halides is 3. The van der Waals surface area contributed by atoms with Crippen LogP contribution in [0.5, 0.6) is 0 Å². The molecule has 2 unspecified atom stereocenters. The lowest BCUT2D eigenvalue weighted by Gasteiger charge is -2.21. The Hall–Kier alpha value is -0.290. The molecule has 1 saturated heterocycles. The van der Waals surface area contributed by atoms with Crippen molar-refractivity contribution in [2.24, 2.45) is 5.92 Å². The molecule has 0 radical (unpaired) electrons. The lowest BCUT2D eigenvalue weighted by Crippen LogP contribution is -2.33. The van der Waals surface area contributed by atoms with Crippen LogP contribution in [-0.2, 0) is 4.74 Å². The minimum atomic E-state index is -4.22. The third-order valence-corrected chi connectivity index (χ3v) is 2.36. The summed E-state index contributed by atoms with van der Waals surface area (Å²) in [5, 5.41) is 3.03. The summed E-state index contributed by atoms with van der Waals surface area (Å²) in [5.41, 5.74) is 0. The third-order valence-electron chi connectivity index (χ3n) is 2.36. The van der Waals surface area contributed by atoms with Crippen LogP contribution >= 0.6 is 0 Å². The molecular formula is C8H14F3NO. The molecule has 1 aliphatic heterocycles. The first-order valence-corrected chi connectivity index (χ1v) is 4.34. The van der Waals surface area contributed by atoms with Crippen LogP contribution < -0.4 is 5.32 Å². The van der Waals surface area contributed by atoms with Gasteiger partial charge in [-0.1, -0.05) is 0 Å². The van der Waals surface area contributed by atoms with Gasteiger partial charge in [0, 0.05) is 7.11 Å². The minimum absolute atomic E-state index is 0.0764. The van der Waals surface area contributed by atoms with Gasteiger partial charge in [0.15, 0.2) is 6.10 Å². The van der Waals surface area contributed by atoms with Gasteiger partial charge in [0.25, 0.3) is 0 Å². The van der Waals surface area contributed by atoms with Crippen LogP contribution in [0.15, 0.2) is 0 Å². The lowest BCUT2D eigenvalue weighted by molar-refractivity contribution is -0.217. The number of ether oxygens (including phenoxy) is 1. The Morgan fingerprint density at radius 2 is 2.23 bits per heavy atom. The molecule has 2 nitrogen and oxygen atoms in total. The summed E-state index contributed by atoms with van der Waals surface area (Å²) in [6, 6.07) is 0. The molecular weight excluding hydrogens is 183 g/mol. The molecule has 1 N–H and O–H groups in total. The van der Waals surface area contributed by atoms with E-state index in [4.69, 9.17) is 0 Å². The van der Waals surface area contributed by atoms with Crippen LogP contribution in [0.4, 0.5) is 13.2 Å². The summed E-state index contributed by atoms with van der Waals surface area (Å²) < 4.78 is 41.1. The second-order valence-electron chi connectivity index (χ2n) is 3.36. The smallest absolute Gasteiger partial charge is 0.372 e. The second-order valence-corrected chi connectivity index (χ2v) is 3.36. The third kappa shape index (κ3) is 3.15. The second kappa shape index (κ2) is 4.28. The number of methoxy groups -OCH3 is 1. The van der Waals surface area contributed by atoms with Gasteiger partial charge in [0.2, 0.25) is 0 Å². The van der Waals surface area contributed by atoms with E-state index in [1.807, 2.05) is 0 Å². The molecule has 0 aliphatic carbocycles. The molecule has 0 aromatic heterocycles. The van der Waals surface area contributed by atoms with E-state index < -0.39 is 12.3 Å². The van der Waals surface area contributed by atoms with Gasteiger partial charge >= 0.3 is 6.18 Å². The van der Waals surface area contributed by atoms with Gasteiger partial charge in [-0.05, 0) is 31.8 Å². The highest BCUT2D eigenvalue weighted by molar-refractivity contribution is 4.78. The monoisotopic (exact) mass is 197 g/mol. The summed E-state index contributed by atoms with van der Waals surface area (Å²) >= 11 is 0. The molecule has 2 atom stereocenters. The number of halogens is 3. The van der Waals surface area contributed by atoms with Crippen molar-refractivity contribution < 1.29 is 17.9 Å². The highest BCUT2D eigenvalue weighted by Crippen LogP contribution is 2.28. The van der Waals surface area contributed by atoms with Crippen molar-refractivity contribution in [3.63, 3.8) is 0 Å². The van der Waals surface area contributed by atoms with Gasteiger partial charge in [-0.15, -0.1) is 0 Å². The van der Waals surface area contributed by atoms with E-state index in [1.165, 1.54) is 0 Å². The van der Waals surface area contributed by atoms with Gasteiger partial charge in [-0.3, -0.25) is 0 Å². The Kier molecular flexibility index (Phi) is 3.55. The predicted molar refractivity (Wildman–Crippen MR) is 42.4 cm³/mol. The first-order chi connectivity index (χ1) is 6.04. The number of hydrogen-bond donors (Lipinski definition) is 1. The predicted octanol–water partition coefficient (Wildman–Crippen LogP) is 1.56. The molecule has 0 amide bonds. The first-order valence-electron chi connectivity index (χ1n) is 4.34. The molecule has 1 aliphatic rings. The molecule has 0 aromatic carbocycles. The zero-order chi connectivity index (χ0) is 9.90. The summed E-state index contributed by atoms with van der Waals surface area (Å²) in [6.45, 7) is 1.49. The quantitative estimate of drug-likeness (QED) is 0.741. The topological polar surface area (TPSA) is 21.3 Å². The Labute approximate surface area is 75.4 Å². The largest absolute Gasteiger partial charge is 0.414 e. The Morgan fingerprint density at radius 1 is 1.54 bits per heavy atom. The van der Waals surface area contributed by atoms with Gasteiger partial charge in [-0.25, -0.2) is 0 Å². The van der Waals surface area contributed by atoms with Crippen LogP contribution in [-0.4, -0.2) is 32.5 Å². The van der Waals surface area contributed by atoms with E-state index in [0.717, 1.165) is 20.1 Å². The van der Waals surface area contributed by atoms with Crippen LogP contribution in [0.2, 0.25) is 0 Å². The average Bonchev–Trinajstić information content (AvgIpc) is 2.49. The maximum Gasteiger partial charge on any atom is 0.414 e. The molecule has 1 rings (SSSR count). The van der Waals surface area contributed by atoms with Crippen molar-refractivity contribution in [3.05, 3.63) is 0 Å². The molecule has 5 heteroatoms. The highest BCUT2D eigenvalue weighted by atomic mass is 19.4. The van der Waals surface area contributed by atoms with Crippen molar-refractivity contribution >= 4 is 0 Å². The lowest BCUT2D eigenvalue weighted by atomic mass is 10.0. The van der Waals surface area contributed by atoms with E-state index in [9.17, 15) is 13.2 Å². The molecule has 0 bridgehead atoms. The van der Waals surface area contributed by atoms with Crippen LogP contribution in [0.25, 0.3) is 0 Å². The summed E-state index contributed by atoms with van der Waals surface area (Å²) in [5.74, 6) is 0.103. The maximum absolute atomic E-state index is 12.2. The Morgan fingerprint density at radius 3 is 2.62 bits per heavy atom. The Bertz CT molecular complexity index is 154. The number of nitrogens with one attached hydrogen (secondary N) is 1. The van der Waals surface area contributed by atoms with Crippen molar-refractivity contribution in [1.82, 2.24) is 5.32 Å². The fraction of sp³-hybridized carbons (Fsp3) is 1.00. The summed E-state index contributed by atoms with van der Waals surface area (Å²) in [4.78, 5) is 0. The van der Waals surface area contributed by atoms with Crippen LogP contribution in [0, 0.1) is 5.92 Å². The van der Waals surface area contributed by atoms with Gasteiger partial charge in [0.1, 0.15) is 0 Å². The van der Waals surface area contributed by atoms with Crippen molar-refractivity contribution in [1.29, 1.82) is 0 Å². The van der Waals surface area contributed by atoms with Gasteiger partial charge in [-0.2, -0.15) is 13.2 Å². The van der Waals surface area contributed by atoms with Crippen molar-refractivity contribution in [2.75, 3.05) is 20.2 Å². The normalized spacial score (nSPS) is 26.3. The summed E-state index contributed by atoms with van der Waals surface area (Å²) in [6.07, 6.45) is -4.93. The van der Waals surface area contributed by atoms with E-state index >= 15 is 0 Å². The molecule has 0 aromatic rings. The Balaban J connectivity index is 2.39. The van der Waals surface area contributed by atoms with Crippen LogP contribution in [0.1, 0.15) is 12.8 Å². The molecule has 0 saturated carbocycles. The van der Waals surface area contributed by atoms with E-state index in [0.29, 0.717) is 6.54 Å². The van der Waals surface area contributed by atoms with Gasteiger partial charge < -0.3 is 10.1 Å². The highest BCUT2D eigenvalue weighted by Gasteiger charge is 2.41. The molecule has 0 spiro atoms. The summed E-state index contributed by atoms with van der Waals surface area (Å²) in [7, 11) is 1.11. The zero-order valence-electron chi connectivity index (χ0n) is 7.53. The first kappa shape index (κ1) is 10.8. The average molecular weight is 197 g/mol. The van der Waals surface area contributed by atoms with Crippen LogP contribution in [0.3, 0.4) is 0 Å². The van der Waals surface area contributed by atoms with E-state index in [-0.39, 0.29) is 12.3 Å². The van der Waals surface area contributed by atoms with Gasteiger partial charge in [0.05, 0.1) is 0 Å². The molecule has 1 fully saturated rings. The van der Waals surface area contributed by atoms with E-state index in [1.54, 1.807) is 0 Å².